The molecule has 0 bridgehead atoms. The zero-order chi connectivity index (χ0) is 20.5. The summed E-state index contributed by atoms with van der Waals surface area (Å²) in [4.78, 5) is 18.8. The Hall–Kier alpha value is -2.77. The van der Waals surface area contributed by atoms with Gasteiger partial charge in [-0.2, -0.15) is 0 Å². The average molecular weight is 408 g/mol. The van der Waals surface area contributed by atoms with Crippen molar-refractivity contribution in [2.75, 3.05) is 26.2 Å². The molecule has 1 atom stereocenters. The Balaban J connectivity index is 1.17. The molecule has 0 radical (unpaired) electrons. The minimum absolute atomic E-state index is 0.00802. The molecule has 0 amide bonds. The zero-order valence-electron chi connectivity index (χ0n) is 16.8. The molecule has 30 heavy (non-hydrogen) atoms. The van der Waals surface area contributed by atoms with Gasteiger partial charge in [-0.3, -0.25) is 9.78 Å². The van der Waals surface area contributed by atoms with Crippen molar-refractivity contribution in [2.45, 2.75) is 31.3 Å². The summed E-state index contributed by atoms with van der Waals surface area (Å²) in [6.45, 7) is 4.05. The van der Waals surface area contributed by atoms with Crippen LogP contribution in [0.2, 0.25) is 0 Å². The van der Waals surface area contributed by atoms with Gasteiger partial charge in [-0.15, -0.1) is 0 Å². The number of likely N-dealkylation sites (tertiary alicyclic amines) is 1. The highest BCUT2D eigenvalue weighted by atomic mass is 19.1. The molecule has 2 aliphatic heterocycles. The number of hydrogen-bond donors (Lipinski definition) is 1. The molecule has 0 unspecified atom stereocenters. The Kier molecular flexibility index (Phi) is 5.23. The summed E-state index contributed by atoms with van der Waals surface area (Å²) >= 11 is 0. The predicted octanol–water partition coefficient (Wildman–Crippen LogP) is 2.99. The molecule has 1 fully saturated rings. The maximum absolute atomic E-state index is 14.6. The zero-order valence-corrected chi connectivity index (χ0v) is 16.8. The number of halogens is 1. The van der Waals surface area contributed by atoms with E-state index in [-0.39, 0.29) is 17.3 Å². The second-order valence-electron chi connectivity index (χ2n) is 8.13. The first-order valence-electron chi connectivity index (χ1n) is 10.5. The lowest BCUT2D eigenvalue weighted by molar-refractivity contribution is 0.186. The van der Waals surface area contributed by atoms with E-state index < -0.39 is 0 Å². The summed E-state index contributed by atoms with van der Waals surface area (Å²) in [7, 11) is 0. The molecular formula is C23H25FN4O2. The number of nitrogens with one attached hydrogen (secondary N) is 1. The van der Waals surface area contributed by atoms with Crippen LogP contribution in [0.3, 0.4) is 0 Å². The molecule has 0 aromatic carbocycles. The second-order valence-corrected chi connectivity index (χ2v) is 8.13. The van der Waals surface area contributed by atoms with Crippen LogP contribution in [-0.2, 0) is 6.54 Å². The van der Waals surface area contributed by atoms with E-state index in [1.54, 1.807) is 16.9 Å². The van der Waals surface area contributed by atoms with E-state index in [0.717, 1.165) is 44.8 Å². The van der Waals surface area contributed by atoms with Crippen LogP contribution in [-0.4, -0.2) is 46.7 Å². The number of piperidine rings is 1. The summed E-state index contributed by atoms with van der Waals surface area (Å²) < 4.78 is 21.6. The lowest BCUT2D eigenvalue weighted by atomic mass is 9.98. The minimum Gasteiger partial charge on any atom is -0.465 e. The Morgan fingerprint density at radius 1 is 1.27 bits per heavy atom. The van der Waals surface area contributed by atoms with Crippen LogP contribution in [0, 0.1) is 5.82 Å². The number of furan rings is 1. The van der Waals surface area contributed by atoms with Gasteiger partial charge in [0.15, 0.2) is 0 Å². The molecule has 0 spiro atoms. The third-order valence-corrected chi connectivity index (χ3v) is 6.22. The maximum atomic E-state index is 14.6. The van der Waals surface area contributed by atoms with E-state index in [1.807, 2.05) is 18.2 Å². The van der Waals surface area contributed by atoms with E-state index in [2.05, 4.69) is 21.3 Å². The van der Waals surface area contributed by atoms with Gasteiger partial charge in [-0.1, -0.05) is 6.08 Å². The van der Waals surface area contributed by atoms with Crippen molar-refractivity contribution < 1.29 is 8.81 Å². The minimum atomic E-state index is -0.302. The van der Waals surface area contributed by atoms with Gasteiger partial charge in [0.05, 0.1) is 23.5 Å². The van der Waals surface area contributed by atoms with Crippen LogP contribution in [0.25, 0.3) is 17.1 Å². The van der Waals surface area contributed by atoms with Crippen LogP contribution >= 0.6 is 0 Å². The molecule has 3 aromatic rings. The molecular weight excluding hydrogens is 383 g/mol. The third-order valence-electron chi connectivity index (χ3n) is 6.22. The first-order chi connectivity index (χ1) is 14.7. The van der Waals surface area contributed by atoms with Gasteiger partial charge in [0, 0.05) is 43.2 Å². The fourth-order valence-corrected chi connectivity index (χ4v) is 4.72. The number of aromatic nitrogens is 2. The SMILES string of the molecule is O=c1ccc2ncc(F)c3c2n1C[C@H]3CN1CCC(NC/C=C/c2ccco2)CC1. The van der Waals surface area contributed by atoms with E-state index in [0.29, 0.717) is 29.2 Å². The molecule has 3 aromatic heterocycles. The molecule has 156 valence electrons. The molecule has 2 aliphatic rings. The molecule has 0 saturated carbocycles. The van der Waals surface area contributed by atoms with Crippen molar-refractivity contribution in [2.24, 2.45) is 0 Å². The number of hydrogen-bond acceptors (Lipinski definition) is 5. The van der Waals surface area contributed by atoms with Crippen molar-refractivity contribution in [3.63, 3.8) is 0 Å². The first-order valence-corrected chi connectivity index (χ1v) is 10.5. The molecule has 5 rings (SSSR count). The summed E-state index contributed by atoms with van der Waals surface area (Å²) in [6, 6.07) is 7.51. The monoisotopic (exact) mass is 408 g/mol. The van der Waals surface area contributed by atoms with Crippen LogP contribution in [0.4, 0.5) is 4.39 Å². The fraction of sp³-hybridized carbons (Fsp3) is 0.391. The standard InChI is InChI=1S/C23H25FN4O2/c24-19-13-26-20-5-6-21(29)28-15-16(22(19)23(20)28)14-27-10-7-17(8-11-27)25-9-1-3-18-4-2-12-30-18/h1-6,12-13,16-17,25H,7-11,14-15H2/b3-1+/t16-/m1/s1. The van der Waals surface area contributed by atoms with E-state index in [9.17, 15) is 9.18 Å². The van der Waals surface area contributed by atoms with Crippen molar-refractivity contribution in [1.82, 2.24) is 19.8 Å². The topological polar surface area (TPSA) is 63.3 Å². The summed E-state index contributed by atoms with van der Waals surface area (Å²) in [6.07, 6.45) is 9.13. The summed E-state index contributed by atoms with van der Waals surface area (Å²) in [5.41, 5.74) is 1.94. The fourth-order valence-electron chi connectivity index (χ4n) is 4.72. The Morgan fingerprint density at radius 3 is 2.93 bits per heavy atom. The predicted molar refractivity (Wildman–Crippen MR) is 114 cm³/mol. The van der Waals surface area contributed by atoms with Crippen LogP contribution in [0.1, 0.15) is 30.1 Å². The summed E-state index contributed by atoms with van der Waals surface area (Å²) in [5.74, 6) is 0.552. The third kappa shape index (κ3) is 3.70. The number of nitrogens with zero attached hydrogens (tertiary/aromatic N) is 3. The lowest BCUT2D eigenvalue weighted by Gasteiger charge is -2.34. The van der Waals surface area contributed by atoms with Gasteiger partial charge in [-0.05, 0) is 50.2 Å². The number of rotatable bonds is 6. The maximum Gasteiger partial charge on any atom is 0.251 e. The van der Waals surface area contributed by atoms with E-state index in [4.69, 9.17) is 4.42 Å². The largest absolute Gasteiger partial charge is 0.465 e. The smallest absolute Gasteiger partial charge is 0.251 e. The lowest BCUT2D eigenvalue weighted by Crippen LogP contribution is -2.44. The molecule has 1 saturated heterocycles. The van der Waals surface area contributed by atoms with Gasteiger partial charge in [0.1, 0.15) is 11.6 Å². The second kappa shape index (κ2) is 8.16. The highest BCUT2D eigenvalue weighted by Crippen LogP contribution is 2.34. The van der Waals surface area contributed by atoms with Crippen molar-refractivity contribution in [1.29, 1.82) is 0 Å². The highest BCUT2D eigenvalue weighted by Gasteiger charge is 2.31. The highest BCUT2D eigenvalue weighted by molar-refractivity contribution is 5.80. The van der Waals surface area contributed by atoms with Gasteiger partial charge in [0.25, 0.3) is 5.56 Å². The van der Waals surface area contributed by atoms with Crippen molar-refractivity contribution >= 4 is 17.1 Å². The van der Waals surface area contributed by atoms with E-state index >= 15 is 0 Å². The van der Waals surface area contributed by atoms with Crippen molar-refractivity contribution in [3.05, 3.63) is 70.3 Å². The average Bonchev–Trinajstić information content (AvgIpc) is 3.40. The van der Waals surface area contributed by atoms with Gasteiger partial charge in [-0.25, -0.2) is 4.39 Å². The normalized spacial score (nSPS) is 20.0. The summed E-state index contributed by atoms with van der Waals surface area (Å²) in [5, 5.41) is 3.58. The molecule has 7 heteroatoms. The first kappa shape index (κ1) is 19.2. The quantitative estimate of drug-likeness (QED) is 0.679. The van der Waals surface area contributed by atoms with E-state index in [1.165, 1.54) is 12.3 Å². The Bertz CT molecular complexity index is 1110. The van der Waals surface area contributed by atoms with Crippen LogP contribution in [0.5, 0.6) is 0 Å². The van der Waals surface area contributed by atoms with Gasteiger partial charge >= 0.3 is 0 Å². The van der Waals surface area contributed by atoms with Gasteiger partial charge < -0.3 is 19.2 Å². The number of pyridine rings is 2. The molecule has 1 N–H and O–H groups in total. The molecule has 5 heterocycles. The molecule has 0 aliphatic carbocycles. The van der Waals surface area contributed by atoms with Gasteiger partial charge in [0.2, 0.25) is 0 Å². The Morgan fingerprint density at radius 2 is 2.13 bits per heavy atom. The van der Waals surface area contributed by atoms with Crippen LogP contribution in [0.15, 0.2) is 52.0 Å². The Labute approximate surface area is 174 Å². The molecule has 6 nitrogen and oxygen atoms in total. The van der Waals surface area contributed by atoms with Crippen molar-refractivity contribution in [3.8, 4) is 0 Å². The van der Waals surface area contributed by atoms with Crippen LogP contribution < -0.4 is 10.9 Å².